The molecule has 2 N–H and O–H groups in total. The average molecular weight is 272 g/mol. The number of carbonyl (C=O) groups excluding carboxylic acids is 1. The monoisotopic (exact) mass is 272 g/mol. The van der Waals surface area contributed by atoms with Gasteiger partial charge >= 0.3 is 0 Å². The molecular formula is C15H20N4O. The standard InChI is InChI=1S/C15H20N4O/c1-18-13-6-5-11(16)10-12(13)17-14(18)7-9-19-8-3-2-4-15(19)20/h5-6,10H,2-4,7-9,16H2,1H3. The Labute approximate surface area is 118 Å². The summed E-state index contributed by atoms with van der Waals surface area (Å²) in [6.45, 7) is 1.64. The lowest BCUT2D eigenvalue weighted by Crippen LogP contribution is -2.36. The van der Waals surface area contributed by atoms with E-state index < -0.39 is 0 Å². The molecular weight excluding hydrogens is 252 g/mol. The second-order valence-corrected chi connectivity index (χ2v) is 5.42. The minimum Gasteiger partial charge on any atom is -0.399 e. The van der Waals surface area contributed by atoms with Gasteiger partial charge in [0, 0.05) is 38.7 Å². The highest BCUT2D eigenvalue weighted by molar-refractivity contribution is 5.79. The first-order valence-electron chi connectivity index (χ1n) is 7.14. The van der Waals surface area contributed by atoms with Crippen molar-refractivity contribution in [3.05, 3.63) is 24.0 Å². The number of rotatable bonds is 3. The van der Waals surface area contributed by atoms with Gasteiger partial charge in [-0.1, -0.05) is 0 Å². The highest BCUT2D eigenvalue weighted by Gasteiger charge is 2.18. The Morgan fingerprint density at radius 3 is 3.00 bits per heavy atom. The van der Waals surface area contributed by atoms with Crippen molar-refractivity contribution in [1.29, 1.82) is 0 Å². The first-order valence-corrected chi connectivity index (χ1v) is 7.14. The van der Waals surface area contributed by atoms with Gasteiger partial charge in [-0.25, -0.2) is 4.98 Å². The molecule has 1 aromatic carbocycles. The van der Waals surface area contributed by atoms with E-state index in [2.05, 4.69) is 9.55 Å². The van der Waals surface area contributed by atoms with Crippen LogP contribution in [0, 0.1) is 0 Å². The number of imidazole rings is 1. The van der Waals surface area contributed by atoms with Crippen LogP contribution in [-0.4, -0.2) is 33.4 Å². The molecule has 0 atom stereocenters. The Hall–Kier alpha value is -2.04. The molecule has 1 amide bonds. The summed E-state index contributed by atoms with van der Waals surface area (Å²) in [5, 5.41) is 0. The summed E-state index contributed by atoms with van der Waals surface area (Å²) in [5.41, 5.74) is 8.53. The summed E-state index contributed by atoms with van der Waals surface area (Å²) in [4.78, 5) is 18.4. The number of nitrogens with zero attached hydrogens (tertiary/aromatic N) is 3. The van der Waals surface area contributed by atoms with Gasteiger partial charge in [0.15, 0.2) is 0 Å². The number of hydrogen-bond acceptors (Lipinski definition) is 3. The molecule has 0 saturated carbocycles. The van der Waals surface area contributed by atoms with Gasteiger partial charge in [-0.2, -0.15) is 0 Å². The van der Waals surface area contributed by atoms with Crippen LogP contribution in [0.15, 0.2) is 18.2 Å². The number of carbonyl (C=O) groups is 1. The lowest BCUT2D eigenvalue weighted by Gasteiger charge is -2.26. The van der Waals surface area contributed by atoms with Crippen LogP contribution in [0.3, 0.4) is 0 Å². The zero-order valence-corrected chi connectivity index (χ0v) is 11.8. The van der Waals surface area contributed by atoms with E-state index in [-0.39, 0.29) is 5.91 Å². The number of nitrogens with two attached hydrogens (primary N) is 1. The Bertz CT molecular complexity index is 647. The molecule has 1 aromatic heterocycles. The van der Waals surface area contributed by atoms with Crippen molar-refractivity contribution < 1.29 is 4.79 Å². The Morgan fingerprint density at radius 1 is 1.35 bits per heavy atom. The van der Waals surface area contributed by atoms with Crippen LogP contribution >= 0.6 is 0 Å². The summed E-state index contributed by atoms with van der Waals surface area (Å²) in [6, 6.07) is 5.78. The molecule has 2 heterocycles. The number of amides is 1. The zero-order valence-electron chi connectivity index (χ0n) is 11.8. The molecule has 1 fully saturated rings. The third-order valence-corrected chi connectivity index (χ3v) is 4.02. The van der Waals surface area contributed by atoms with E-state index in [1.807, 2.05) is 30.1 Å². The molecule has 1 saturated heterocycles. The van der Waals surface area contributed by atoms with Crippen LogP contribution in [0.25, 0.3) is 11.0 Å². The summed E-state index contributed by atoms with van der Waals surface area (Å²) in [5.74, 6) is 1.28. The molecule has 0 aliphatic carbocycles. The molecule has 2 aromatic rings. The maximum atomic E-state index is 11.8. The van der Waals surface area contributed by atoms with Crippen LogP contribution in [0.4, 0.5) is 5.69 Å². The van der Waals surface area contributed by atoms with Crippen molar-refractivity contribution in [2.24, 2.45) is 7.05 Å². The lowest BCUT2D eigenvalue weighted by molar-refractivity contribution is -0.133. The van der Waals surface area contributed by atoms with E-state index >= 15 is 0 Å². The van der Waals surface area contributed by atoms with Crippen molar-refractivity contribution in [3.8, 4) is 0 Å². The average Bonchev–Trinajstić information content (AvgIpc) is 2.74. The molecule has 1 aliphatic rings. The Balaban J connectivity index is 1.77. The smallest absolute Gasteiger partial charge is 0.222 e. The van der Waals surface area contributed by atoms with Crippen molar-refractivity contribution in [2.75, 3.05) is 18.8 Å². The summed E-state index contributed by atoms with van der Waals surface area (Å²) in [7, 11) is 2.01. The maximum Gasteiger partial charge on any atom is 0.222 e. The minimum atomic E-state index is 0.277. The quantitative estimate of drug-likeness (QED) is 0.865. The van der Waals surface area contributed by atoms with Gasteiger partial charge in [-0.05, 0) is 31.0 Å². The van der Waals surface area contributed by atoms with E-state index in [1.165, 1.54) is 0 Å². The molecule has 106 valence electrons. The van der Waals surface area contributed by atoms with Crippen molar-refractivity contribution in [2.45, 2.75) is 25.7 Å². The second-order valence-electron chi connectivity index (χ2n) is 5.42. The van der Waals surface area contributed by atoms with E-state index in [9.17, 15) is 4.79 Å². The van der Waals surface area contributed by atoms with Gasteiger partial charge in [0.1, 0.15) is 5.82 Å². The number of aromatic nitrogens is 2. The normalized spacial score (nSPS) is 16.1. The van der Waals surface area contributed by atoms with E-state index in [0.717, 1.165) is 54.9 Å². The maximum absolute atomic E-state index is 11.8. The summed E-state index contributed by atoms with van der Waals surface area (Å²) < 4.78 is 2.09. The van der Waals surface area contributed by atoms with E-state index in [1.54, 1.807) is 0 Å². The molecule has 20 heavy (non-hydrogen) atoms. The summed E-state index contributed by atoms with van der Waals surface area (Å²) in [6.07, 6.45) is 3.63. The summed E-state index contributed by atoms with van der Waals surface area (Å²) >= 11 is 0. The molecule has 0 bridgehead atoms. The number of piperidine rings is 1. The number of anilines is 1. The van der Waals surface area contributed by atoms with Crippen LogP contribution in [-0.2, 0) is 18.3 Å². The van der Waals surface area contributed by atoms with Crippen molar-refractivity contribution in [1.82, 2.24) is 14.5 Å². The van der Waals surface area contributed by atoms with Gasteiger partial charge in [-0.3, -0.25) is 4.79 Å². The fourth-order valence-corrected chi connectivity index (χ4v) is 2.82. The number of hydrogen-bond donors (Lipinski definition) is 1. The number of likely N-dealkylation sites (tertiary alicyclic amines) is 1. The van der Waals surface area contributed by atoms with Gasteiger partial charge < -0.3 is 15.2 Å². The van der Waals surface area contributed by atoms with Gasteiger partial charge in [0.25, 0.3) is 0 Å². The van der Waals surface area contributed by atoms with Gasteiger partial charge in [0.05, 0.1) is 11.0 Å². The molecule has 0 radical (unpaired) electrons. The first kappa shape index (κ1) is 13.0. The van der Waals surface area contributed by atoms with Crippen LogP contribution in [0.5, 0.6) is 0 Å². The number of benzene rings is 1. The number of fused-ring (bicyclic) bond motifs is 1. The predicted octanol–water partition coefficient (Wildman–Crippen LogP) is 1.71. The molecule has 5 nitrogen and oxygen atoms in total. The van der Waals surface area contributed by atoms with E-state index in [4.69, 9.17) is 5.73 Å². The number of nitrogen functional groups attached to an aromatic ring is 1. The minimum absolute atomic E-state index is 0.277. The van der Waals surface area contributed by atoms with E-state index in [0.29, 0.717) is 6.42 Å². The highest BCUT2D eigenvalue weighted by atomic mass is 16.2. The third kappa shape index (κ3) is 2.35. The third-order valence-electron chi connectivity index (χ3n) is 4.02. The SMILES string of the molecule is Cn1c(CCN2CCCCC2=O)nc2cc(N)ccc21. The van der Waals surface area contributed by atoms with Crippen LogP contribution in [0.2, 0.25) is 0 Å². The fraction of sp³-hybridized carbons (Fsp3) is 0.467. The number of aryl methyl sites for hydroxylation is 1. The van der Waals surface area contributed by atoms with Gasteiger partial charge in [0.2, 0.25) is 5.91 Å². The second kappa shape index (κ2) is 5.15. The topological polar surface area (TPSA) is 64.2 Å². The largest absolute Gasteiger partial charge is 0.399 e. The Kier molecular flexibility index (Phi) is 3.34. The van der Waals surface area contributed by atoms with Crippen LogP contribution < -0.4 is 5.73 Å². The highest BCUT2D eigenvalue weighted by Crippen LogP contribution is 2.19. The first-order chi connectivity index (χ1) is 9.65. The Morgan fingerprint density at radius 2 is 2.20 bits per heavy atom. The molecule has 0 spiro atoms. The molecule has 1 aliphatic heterocycles. The molecule has 3 rings (SSSR count). The van der Waals surface area contributed by atoms with Crippen molar-refractivity contribution >= 4 is 22.6 Å². The van der Waals surface area contributed by atoms with Gasteiger partial charge in [-0.15, -0.1) is 0 Å². The zero-order chi connectivity index (χ0) is 14.1. The lowest BCUT2D eigenvalue weighted by atomic mass is 10.1. The van der Waals surface area contributed by atoms with Crippen LogP contribution in [0.1, 0.15) is 25.1 Å². The predicted molar refractivity (Wildman–Crippen MR) is 79.3 cm³/mol. The molecule has 5 heteroatoms. The fourth-order valence-electron chi connectivity index (χ4n) is 2.82. The van der Waals surface area contributed by atoms with Crippen molar-refractivity contribution in [3.63, 3.8) is 0 Å². The molecule has 0 unspecified atom stereocenters.